The number of benzene rings is 1. The van der Waals surface area contributed by atoms with Crippen LogP contribution < -0.4 is 16.0 Å². The molecule has 170 valence electrons. The summed E-state index contributed by atoms with van der Waals surface area (Å²) >= 11 is 0. The van der Waals surface area contributed by atoms with Gasteiger partial charge in [-0.15, -0.1) is 24.0 Å². The Kier molecular flexibility index (Phi) is 12.1. The number of carbonyl (C=O) groups is 1. The molecule has 1 heterocycles. The molecule has 0 radical (unpaired) electrons. The Morgan fingerprint density at radius 2 is 1.97 bits per heavy atom. The van der Waals surface area contributed by atoms with Crippen LogP contribution in [0.2, 0.25) is 0 Å². The number of carbonyl (C=O) groups excluding carboxylic acids is 1. The molecule has 2 rings (SSSR count). The first-order valence-electron chi connectivity index (χ1n) is 10.1. The fourth-order valence-corrected chi connectivity index (χ4v) is 3.28. The Morgan fingerprint density at radius 3 is 2.67 bits per heavy atom. The Labute approximate surface area is 193 Å². The molecule has 1 atom stereocenters. The van der Waals surface area contributed by atoms with Crippen LogP contribution in [0.5, 0.6) is 0 Å². The molecule has 6 nitrogen and oxygen atoms in total. The number of hydrogen-bond acceptors (Lipinski definition) is 3. The van der Waals surface area contributed by atoms with Crippen LogP contribution in [0.15, 0.2) is 17.1 Å². The molecule has 30 heavy (non-hydrogen) atoms. The summed E-state index contributed by atoms with van der Waals surface area (Å²) < 4.78 is 39.8. The Hall–Kier alpha value is -1.56. The number of likely N-dealkylation sites (tertiary alicyclic amines) is 1. The number of amides is 1. The number of rotatable bonds is 8. The average Bonchev–Trinajstić information content (AvgIpc) is 2.71. The predicted molar refractivity (Wildman–Crippen MR) is 124 cm³/mol. The molecule has 0 aromatic heterocycles. The van der Waals surface area contributed by atoms with E-state index in [0.29, 0.717) is 25.1 Å². The lowest BCUT2D eigenvalue weighted by Crippen LogP contribution is -2.41. The van der Waals surface area contributed by atoms with Crippen molar-refractivity contribution in [1.29, 1.82) is 0 Å². The van der Waals surface area contributed by atoms with E-state index in [0.717, 1.165) is 31.6 Å². The van der Waals surface area contributed by atoms with Crippen molar-refractivity contribution in [2.45, 2.75) is 45.6 Å². The van der Waals surface area contributed by atoms with Crippen molar-refractivity contribution >= 4 is 41.5 Å². The zero-order chi connectivity index (χ0) is 21.2. The number of aliphatic imine (C=N–C) groups is 1. The van der Waals surface area contributed by atoms with Crippen LogP contribution in [0.3, 0.4) is 0 Å². The highest BCUT2D eigenvalue weighted by molar-refractivity contribution is 14.0. The van der Waals surface area contributed by atoms with Crippen LogP contribution in [-0.4, -0.2) is 55.5 Å². The molecule has 0 spiro atoms. The number of nitrogens with zero attached hydrogens (tertiary/aromatic N) is 2. The largest absolute Gasteiger partial charge is 0.357 e. The maximum atomic E-state index is 13.6. The Balaban J connectivity index is 0.00000450. The van der Waals surface area contributed by atoms with Crippen molar-refractivity contribution < 1.29 is 18.0 Å². The Bertz CT molecular complexity index is 720. The number of guanidine groups is 1. The first-order chi connectivity index (χ1) is 13.9. The highest BCUT2D eigenvalue weighted by Gasteiger charge is 2.17. The van der Waals surface area contributed by atoms with E-state index in [9.17, 15) is 18.0 Å². The van der Waals surface area contributed by atoms with Gasteiger partial charge in [0.1, 0.15) is 6.54 Å². The van der Waals surface area contributed by atoms with Gasteiger partial charge in [-0.3, -0.25) is 4.79 Å². The molecule has 1 aliphatic rings. The molecule has 0 saturated carbocycles. The standard InChI is InChI=1S/C20H30F3N5O.HI/c1-3-24-20(25-10-6-12-28-11-5-4-7-14(28)2)26-13-17(29)27-16-9-8-15(21)18(22)19(16)23;/h8-9,14H,3-7,10-13H2,1-2H3,(H,27,29)(H2,24,25,26);1H. The molecule has 0 aliphatic carbocycles. The average molecular weight is 541 g/mol. The second-order valence-electron chi connectivity index (χ2n) is 7.13. The fraction of sp³-hybridized carbons (Fsp3) is 0.600. The molecule has 1 aromatic rings. The molecular weight excluding hydrogens is 510 g/mol. The van der Waals surface area contributed by atoms with E-state index >= 15 is 0 Å². The predicted octanol–water partition coefficient (Wildman–Crippen LogP) is 3.48. The number of nitrogens with one attached hydrogen (secondary N) is 3. The maximum Gasteiger partial charge on any atom is 0.246 e. The molecule has 10 heteroatoms. The zero-order valence-corrected chi connectivity index (χ0v) is 19.8. The minimum absolute atomic E-state index is 0. The molecule has 0 bridgehead atoms. The molecule has 1 saturated heterocycles. The van der Waals surface area contributed by atoms with Crippen LogP contribution in [0.25, 0.3) is 0 Å². The van der Waals surface area contributed by atoms with E-state index in [2.05, 4.69) is 32.8 Å². The summed E-state index contributed by atoms with van der Waals surface area (Å²) in [6.45, 7) is 7.34. The second-order valence-corrected chi connectivity index (χ2v) is 7.13. The molecule has 1 aliphatic heterocycles. The Morgan fingerprint density at radius 1 is 1.20 bits per heavy atom. The van der Waals surface area contributed by atoms with Crippen molar-refractivity contribution in [2.75, 3.05) is 38.0 Å². The fourth-order valence-electron chi connectivity index (χ4n) is 3.28. The van der Waals surface area contributed by atoms with Crippen molar-refractivity contribution in [2.24, 2.45) is 4.99 Å². The summed E-state index contributed by atoms with van der Waals surface area (Å²) in [7, 11) is 0. The number of hydrogen-bond donors (Lipinski definition) is 3. The van der Waals surface area contributed by atoms with Gasteiger partial charge in [-0.2, -0.15) is 0 Å². The van der Waals surface area contributed by atoms with Gasteiger partial charge in [-0.05, 0) is 51.8 Å². The van der Waals surface area contributed by atoms with Crippen LogP contribution in [-0.2, 0) is 4.79 Å². The molecule has 1 amide bonds. The van der Waals surface area contributed by atoms with Crippen molar-refractivity contribution in [1.82, 2.24) is 15.5 Å². The highest BCUT2D eigenvalue weighted by atomic mass is 127. The molecule has 1 fully saturated rings. The summed E-state index contributed by atoms with van der Waals surface area (Å²) in [6, 6.07) is 2.35. The first-order valence-corrected chi connectivity index (χ1v) is 10.1. The number of halogens is 4. The van der Waals surface area contributed by atoms with Gasteiger partial charge in [0.25, 0.3) is 0 Å². The van der Waals surface area contributed by atoms with Gasteiger partial charge in [-0.25, -0.2) is 18.2 Å². The van der Waals surface area contributed by atoms with Crippen molar-refractivity contribution in [3.63, 3.8) is 0 Å². The summed E-state index contributed by atoms with van der Waals surface area (Å²) in [6.07, 6.45) is 4.73. The van der Waals surface area contributed by atoms with E-state index < -0.39 is 29.0 Å². The van der Waals surface area contributed by atoms with Crippen molar-refractivity contribution in [3.05, 3.63) is 29.6 Å². The van der Waals surface area contributed by atoms with E-state index in [1.807, 2.05) is 6.92 Å². The molecule has 3 N–H and O–H groups in total. The maximum absolute atomic E-state index is 13.6. The first kappa shape index (κ1) is 26.5. The van der Waals surface area contributed by atoms with Crippen LogP contribution in [0, 0.1) is 17.5 Å². The summed E-state index contributed by atoms with van der Waals surface area (Å²) in [4.78, 5) is 18.6. The van der Waals surface area contributed by atoms with Crippen LogP contribution in [0.1, 0.15) is 39.5 Å². The third kappa shape index (κ3) is 8.29. The second kappa shape index (κ2) is 13.7. The lowest BCUT2D eigenvalue weighted by Gasteiger charge is -2.33. The third-order valence-electron chi connectivity index (χ3n) is 4.89. The van der Waals surface area contributed by atoms with Crippen LogP contribution in [0.4, 0.5) is 18.9 Å². The molecule has 1 unspecified atom stereocenters. The SMILES string of the molecule is CCNC(=NCC(=O)Nc1ccc(F)c(F)c1F)NCCCN1CCCCC1C.I. The van der Waals surface area contributed by atoms with Gasteiger partial charge in [0.15, 0.2) is 23.4 Å². The van der Waals surface area contributed by atoms with Crippen LogP contribution >= 0.6 is 24.0 Å². The van der Waals surface area contributed by atoms with E-state index in [4.69, 9.17) is 0 Å². The molecular formula is C20H31F3IN5O. The minimum atomic E-state index is -1.62. The van der Waals surface area contributed by atoms with Crippen molar-refractivity contribution in [3.8, 4) is 0 Å². The van der Waals surface area contributed by atoms with E-state index in [1.165, 1.54) is 19.3 Å². The van der Waals surface area contributed by atoms with Gasteiger partial charge in [0.2, 0.25) is 5.91 Å². The smallest absolute Gasteiger partial charge is 0.246 e. The van der Waals surface area contributed by atoms with Gasteiger partial charge in [-0.1, -0.05) is 6.42 Å². The lowest BCUT2D eigenvalue weighted by atomic mass is 10.0. The normalized spacial score (nSPS) is 17.2. The van der Waals surface area contributed by atoms with Gasteiger partial charge < -0.3 is 20.9 Å². The van der Waals surface area contributed by atoms with Gasteiger partial charge in [0, 0.05) is 25.7 Å². The molecule has 1 aromatic carbocycles. The minimum Gasteiger partial charge on any atom is -0.357 e. The monoisotopic (exact) mass is 541 g/mol. The van der Waals surface area contributed by atoms with Gasteiger partial charge >= 0.3 is 0 Å². The topological polar surface area (TPSA) is 68.8 Å². The summed E-state index contributed by atoms with van der Waals surface area (Å²) in [5.41, 5.74) is -0.419. The zero-order valence-electron chi connectivity index (χ0n) is 17.4. The third-order valence-corrected chi connectivity index (χ3v) is 4.89. The van der Waals surface area contributed by atoms with Gasteiger partial charge in [0.05, 0.1) is 5.69 Å². The lowest BCUT2D eigenvalue weighted by molar-refractivity contribution is -0.114. The highest BCUT2D eigenvalue weighted by Crippen LogP contribution is 2.19. The van der Waals surface area contributed by atoms with E-state index in [1.54, 1.807) is 0 Å². The van der Waals surface area contributed by atoms with E-state index in [-0.39, 0.29) is 30.5 Å². The summed E-state index contributed by atoms with van der Waals surface area (Å²) in [5.74, 6) is -4.52. The quantitative estimate of drug-likeness (QED) is 0.155. The summed E-state index contributed by atoms with van der Waals surface area (Å²) in [5, 5.41) is 8.41. The number of anilines is 1. The number of piperidine rings is 1.